The fourth-order valence-corrected chi connectivity index (χ4v) is 2.23. The highest BCUT2D eigenvalue weighted by Gasteiger charge is 2.16. The topological polar surface area (TPSA) is 74.9 Å². The molecular formula is C13H15N4OS+. The average molecular weight is 275 g/mol. The summed E-state index contributed by atoms with van der Waals surface area (Å²) in [6.07, 6.45) is 1.71. The molecule has 0 atom stereocenters. The van der Waals surface area contributed by atoms with Crippen LogP contribution in [0.3, 0.4) is 0 Å². The molecule has 0 bridgehead atoms. The number of nitrogens with two attached hydrogens (primary N) is 1. The van der Waals surface area contributed by atoms with Crippen molar-refractivity contribution in [1.82, 2.24) is 4.98 Å². The van der Waals surface area contributed by atoms with E-state index in [9.17, 15) is 0 Å². The minimum absolute atomic E-state index is 0.357. The molecule has 0 aliphatic rings. The molecule has 0 spiro atoms. The summed E-state index contributed by atoms with van der Waals surface area (Å²) < 4.78 is 5.11. The molecule has 0 unspecified atom stereocenters. The van der Waals surface area contributed by atoms with Crippen molar-refractivity contribution < 1.29 is 10.2 Å². The van der Waals surface area contributed by atoms with Gasteiger partial charge in [0.25, 0.3) is 0 Å². The first kappa shape index (κ1) is 13.4. The van der Waals surface area contributed by atoms with Gasteiger partial charge in [0, 0.05) is 17.1 Å². The van der Waals surface area contributed by atoms with Crippen LogP contribution in [0.1, 0.15) is 10.6 Å². The highest BCUT2D eigenvalue weighted by atomic mass is 32.1. The van der Waals surface area contributed by atoms with Gasteiger partial charge in [-0.1, -0.05) is 5.10 Å². The lowest BCUT2D eigenvalue weighted by Crippen LogP contribution is -2.73. The monoisotopic (exact) mass is 275 g/mol. The zero-order valence-electron chi connectivity index (χ0n) is 10.8. The Morgan fingerprint density at radius 3 is 2.63 bits per heavy atom. The Balaban J connectivity index is 2.32. The molecule has 1 aromatic carbocycles. The third-order valence-corrected chi connectivity index (χ3v) is 3.29. The first-order chi connectivity index (χ1) is 9.26. The van der Waals surface area contributed by atoms with Crippen LogP contribution in [0.25, 0.3) is 0 Å². The average Bonchev–Trinajstić information content (AvgIpc) is 2.98. The van der Waals surface area contributed by atoms with Crippen LogP contribution < -0.4 is 10.2 Å². The number of methoxy groups -OCH3 is 1. The van der Waals surface area contributed by atoms with E-state index in [2.05, 4.69) is 10.1 Å². The number of hydrogen-bond donors (Lipinski definition) is 2. The van der Waals surface area contributed by atoms with E-state index in [1.54, 1.807) is 18.7 Å². The maximum absolute atomic E-state index is 8.27. The summed E-state index contributed by atoms with van der Waals surface area (Å²) >= 11 is 1.47. The fraction of sp³-hybridized carbons (Fsp3) is 0.154. The highest BCUT2D eigenvalue weighted by molar-refractivity contribution is 7.12. The second-order valence-corrected chi connectivity index (χ2v) is 4.57. The molecule has 3 N–H and O–H groups in total. The van der Waals surface area contributed by atoms with Crippen LogP contribution in [0.4, 0.5) is 0 Å². The molecular weight excluding hydrogens is 260 g/mol. The van der Waals surface area contributed by atoms with Crippen LogP contribution in [0, 0.1) is 5.41 Å². The van der Waals surface area contributed by atoms with Crippen molar-refractivity contribution in [2.75, 3.05) is 14.2 Å². The Morgan fingerprint density at radius 1 is 1.37 bits per heavy atom. The normalized spacial score (nSPS) is 11.4. The van der Waals surface area contributed by atoms with E-state index in [0.29, 0.717) is 11.4 Å². The number of rotatable bonds is 5. The standard InChI is InChI=1S/C13H14N4OS/c1-15-17-12(13-16-7-8-19-13)11(14)9-3-5-10(18-2)6-4-9/h3-8,14-15H,1-2H3/p+1. The van der Waals surface area contributed by atoms with Gasteiger partial charge in [0.2, 0.25) is 0 Å². The van der Waals surface area contributed by atoms with Crippen molar-refractivity contribution in [2.45, 2.75) is 0 Å². The molecule has 0 aliphatic heterocycles. The van der Waals surface area contributed by atoms with E-state index in [4.69, 9.17) is 10.1 Å². The smallest absolute Gasteiger partial charge is 0.179 e. The zero-order chi connectivity index (χ0) is 13.7. The largest absolute Gasteiger partial charge is 0.497 e. The van der Waals surface area contributed by atoms with Gasteiger partial charge >= 0.3 is 0 Å². The molecule has 1 heterocycles. The first-order valence-electron chi connectivity index (χ1n) is 5.75. The SMILES string of the molecule is C[NH2+]N=C(C(=N)c1ccc(OC)cc1)c1nccs1. The molecule has 0 amide bonds. The van der Waals surface area contributed by atoms with Crippen molar-refractivity contribution in [3.8, 4) is 5.75 Å². The second kappa shape index (κ2) is 6.21. The van der Waals surface area contributed by atoms with E-state index < -0.39 is 0 Å². The molecule has 0 fully saturated rings. The number of benzene rings is 1. The van der Waals surface area contributed by atoms with E-state index in [1.807, 2.05) is 36.7 Å². The molecule has 2 rings (SSSR count). The van der Waals surface area contributed by atoms with Crippen molar-refractivity contribution in [3.05, 3.63) is 46.4 Å². The Labute approximate surface area is 115 Å². The molecule has 6 heteroatoms. The predicted molar refractivity (Wildman–Crippen MR) is 76.3 cm³/mol. The Kier molecular flexibility index (Phi) is 4.38. The maximum atomic E-state index is 8.27. The van der Waals surface area contributed by atoms with Gasteiger partial charge in [-0.25, -0.2) is 10.4 Å². The van der Waals surface area contributed by atoms with E-state index in [1.165, 1.54) is 11.3 Å². The molecule has 2 aromatic rings. The molecule has 1 aromatic heterocycles. The number of hydrogen-bond acceptors (Lipinski definition) is 5. The van der Waals surface area contributed by atoms with Crippen molar-refractivity contribution in [2.24, 2.45) is 5.10 Å². The second-order valence-electron chi connectivity index (χ2n) is 3.68. The maximum Gasteiger partial charge on any atom is 0.179 e. The van der Waals surface area contributed by atoms with Gasteiger partial charge in [-0.2, -0.15) is 0 Å². The lowest BCUT2D eigenvalue weighted by Gasteiger charge is -2.05. The Bertz CT molecular complexity index is 575. The van der Waals surface area contributed by atoms with Gasteiger partial charge < -0.3 is 4.74 Å². The fourth-order valence-electron chi connectivity index (χ4n) is 1.59. The predicted octanol–water partition coefficient (Wildman–Crippen LogP) is 1.12. The third kappa shape index (κ3) is 3.04. The lowest BCUT2D eigenvalue weighted by molar-refractivity contribution is -0.633. The Hall–Kier alpha value is -2.05. The summed E-state index contributed by atoms with van der Waals surface area (Å²) in [5, 5.41) is 15.2. The van der Waals surface area contributed by atoms with Gasteiger partial charge in [-0.3, -0.25) is 5.41 Å². The Morgan fingerprint density at radius 2 is 2.11 bits per heavy atom. The van der Waals surface area contributed by atoms with Crippen LogP contribution in [-0.2, 0) is 0 Å². The number of aromatic nitrogens is 1. The summed E-state index contributed by atoms with van der Waals surface area (Å²) in [7, 11) is 3.45. The van der Waals surface area contributed by atoms with E-state index in [-0.39, 0.29) is 0 Å². The number of nitrogens with zero attached hydrogens (tertiary/aromatic N) is 2. The minimum Gasteiger partial charge on any atom is -0.497 e. The van der Waals surface area contributed by atoms with Crippen LogP contribution in [0.2, 0.25) is 0 Å². The number of thiazole rings is 1. The number of nitrogens with one attached hydrogen (secondary N) is 1. The molecule has 0 saturated heterocycles. The summed E-state index contributed by atoms with van der Waals surface area (Å²) in [6.45, 7) is 0. The summed E-state index contributed by atoms with van der Waals surface area (Å²) in [4.78, 5) is 4.22. The zero-order valence-corrected chi connectivity index (χ0v) is 11.6. The highest BCUT2D eigenvalue weighted by Crippen LogP contribution is 2.15. The van der Waals surface area contributed by atoms with Gasteiger partial charge in [0.05, 0.1) is 19.9 Å². The van der Waals surface area contributed by atoms with Crippen molar-refractivity contribution in [3.63, 3.8) is 0 Å². The molecule has 5 nitrogen and oxygen atoms in total. The summed E-state index contributed by atoms with van der Waals surface area (Å²) in [5.41, 5.74) is 3.41. The van der Waals surface area contributed by atoms with Crippen molar-refractivity contribution >= 4 is 22.8 Å². The lowest BCUT2D eigenvalue weighted by atomic mass is 10.1. The first-order valence-corrected chi connectivity index (χ1v) is 6.63. The molecule has 0 saturated carbocycles. The summed E-state index contributed by atoms with van der Waals surface area (Å²) in [5.74, 6) is 0.770. The van der Waals surface area contributed by atoms with Crippen LogP contribution in [-0.4, -0.2) is 30.6 Å². The van der Waals surface area contributed by atoms with Crippen LogP contribution in [0.5, 0.6) is 5.75 Å². The van der Waals surface area contributed by atoms with Gasteiger partial charge in [-0.15, -0.1) is 11.3 Å². The van der Waals surface area contributed by atoms with Gasteiger partial charge in [0.1, 0.15) is 10.8 Å². The minimum atomic E-state index is 0.357. The van der Waals surface area contributed by atoms with E-state index >= 15 is 0 Å². The van der Waals surface area contributed by atoms with E-state index in [0.717, 1.165) is 16.3 Å². The van der Waals surface area contributed by atoms with Crippen molar-refractivity contribution in [1.29, 1.82) is 5.41 Å². The van der Waals surface area contributed by atoms with Crippen LogP contribution in [0.15, 0.2) is 40.9 Å². The van der Waals surface area contributed by atoms with Gasteiger partial charge in [-0.05, 0) is 24.3 Å². The van der Waals surface area contributed by atoms with Crippen LogP contribution >= 0.6 is 11.3 Å². The molecule has 19 heavy (non-hydrogen) atoms. The number of quaternary nitrogens is 1. The summed E-state index contributed by atoms with van der Waals surface area (Å²) in [6, 6.07) is 7.36. The molecule has 98 valence electrons. The molecule has 0 aliphatic carbocycles. The quantitative estimate of drug-likeness (QED) is 0.487. The third-order valence-electron chi connectivity index (χ3n) is 2.51. The number of ether oxygens (including phenoxy) is 1. The molecule has 0 radical (unpaired) electrons. The van der Waals surface area contributed by atoms with Gasteiger partial charge in [0.15, 0.2) is 5.71 Å².